The lowest BCUT2D eigenvalue weighted by atomic mass is 10.2. The van der Waals surface area contributed by atoms with Crippen molar-refractivity contribution in [3.63, 3.8) is 0 Å². The summed E-state index contributed by atoms with van der Waals surface area (Å²) in [7, 11) is 0. The maximum absolute atomic E-state index is 8.49. The topological polar surface area (TPSA) is 75.2 Å². The summed E-state index contributed by atoms with van der Waals surface area (Å²) in [4.78, 5) is 6.72. The maximum Gasteiger partial charge on any atom is 0.226 e. The molecule has 1 aromatic heterocycles. The van der Waals surface area contributed by atoms with Crippen molar-refractivity contribution < 1.29 is 9.26 Å². The van der Waals surface area contributed by atoms with Crippen LogP contribution in [0, 0.1) is 11.3 Å². The van der Waals surface area contributed by atoms with E-state index in [1.807, 2.05) is 0 Å². The lowest BCUT2D eigenvalue weighted by Gasteiger charge is -2.30. The highest BCUT2D eigenvalue weighted by Gasteiger charge is 2.25. The minimum Gasteiger partial charge on any atom is -0.367 e. The van der Waals surface area contributed by atoms with Gasteiger partial charge in [-0.05, 0) is 19.4 Å². The zero-order chi connectivity index (χ0) is 13.5. The van der Waals surface area contributed by atoms with Crippen LogP contribution in [0.1, 0.15) is 44.0 Å². The van der Waals surface area contributed by atoms with E-state index in [2.05, 4.69) is 28.0 Å². The Bertz CT molecular complexity index is 425. The SMILES string of the molecule is CCCN1CCOC(c2noc(CCCC#N)n2)C1. The van der Waals surface area contributed by atoms with Crippen molar-refractivity contribution in [3.8, 4) is 6.07 Å². The molecule has 0 radical (unpaired) electrons. The third kappa shape index (κ3) is 4.01. The van der Waals surface area contributed by atoms with E-state index in [9.17, 15) is 0 Å². The number of ether oxygens (including phenoxy) is 1. The molecule has 1 saturated heterocycles. The van der Waals surface area contributed by atoms with Gasteiger partial charge in [-0.25, -0.2) is 0 Å². The van der Waals surface area contributed by atoms with Crippen molar-refractivity contribution >= 4 is 0 Å². The second-order valence-electron chi connectivity index (χ2n) is 4.72. The van der Waals surface area contributed by atoms with Gasteiger partial charge in [-0.1, -0.05) is 12.1 Å². The Morgan fingerprint density at radius 3 is 3.21 bits per heavy atom. The summed E-state index contributed by atoms with van der Waals surface area (Å²) < 4.78 is 10.9. The summed E-state index contributed by atoms with van der Waals surface area (Å²) in [6.45, 7) is 5.75. The first kappa shape index (κ1) is 14.0. The molecule has 1 atom stereocenters. The van der Waals surface area contributed by atoms with Gasteiger partial charge < -0.3 is 9.26 Å². The second-order valence-corrected chi connectivity index (χ2v) is 4.72. The van der Waals surface area contributed by atoms with Gasteiger partial charge in [0.1, 0.15) is 6.10 Å². The summed E-state index contributed by atoms with van der Waals surface area (Å²) >= 11 is 0. The molecular weight excluding hydrogens is 244 g/mol. The highest BCUT2D eigenvalue weighted by atomic mass is 16.5. The fourth-order valence-electron chi connectivity index (χ4n) is 2.20. The van der Waals surface area contributed by atoms with Crippen LogP contribution in [0.3, 0.4) is 0 Å². The molecule has 0 spiro atoms. The number of aromatic nitrogens is 2. The van der Waals surface area contributed by atoms with Crippen molar-refractivity contribution in [1.29, 1.82) is 5.26 Å². The van der Waals surface area contributed by atoms with Gasteiger partial charge in [0, 0.05) is 25.9 Å². The molecule has 0 amide bonds. The number of aryl methyl sites for hydroxylation is 1. The van der Waals surface area contributed by atoms with Crippen LogP contribution in [-0.4, -0.2) is 41.3 Å². The predicted octanol–water partition coefficient (Wildman–Crippen LogP) is 1.70. The normalized spacial score (nSPS) is 20.3. The first-order valence-corrected chi connectivity index (χ1v) is 6.87. The van der Waals surface area contributed by atoms with Crippen LogP contribution >= 0.6 is 0 Å². The molecule has 1 aliphatic rings. The molecule has 0 bridgehead atoms. The number of nitrogens with zero attached hydrogens (tertiary/aromatic N) is 4. The molecule has 1 aromatic rings. The molecule has 0 aromatic carbocycles. The van der Waals surface area contributed by atoms with E-state index in [0.29, 0.717) is 31.2 Å². The van der Waals surface area contributed by atoms with E-state index in [0.717, 1.165) is 32.5 Å². The number of unbranched alkanes of at least 4 members (excludes halogenated alkanes) is 1. The number of morpholine rings is 1. The monoisotopic (exact) mass is 264 g/mol. The minimum absolute atomic E-state index is 0.0891. The predicted molar refractivity (Wildman–Crippen MR) is 68.3 cm³/mol. The van der Waals surface area contributed by atoms with Crippen LogP contribution in [-0.2, 0) is 11.2 Å². The smallest absolute Gasteiger partial charge is 0.226 e. The third-order valence-electron chi connectivity index (χ3n) is 3.14. The molecule has 1 unspecified atom stereocenters. The molecular formula is C13H20N4O2. The fourth-order valence-corrected chi connectivity index (χ4v) is 2.20. The van der Waals surface area contributed by atoms with E-state index < -0.39 is 0 Å². The number of hydrogen-bond acceptors (Lipinski definition) is 6. The molecule has 0 saturated carbocycles. The van der Waals surface area contributed by atoms with Crippen LogP contribution in [0.4, 0.5) is 0 Å². The molecule has 2 heterocycles. The van der Waals surface area contributed by atoms with Gasteiger partial charge in [0.2, 0.25) is 11.7 Å². The standard InChI is InChI=1S/C13H20N4O2/c1-2-7-17-8-9-18-11(10-17)13-15-12(19-16-13)5-3-4-6-14/h11H,2-5,7-10H2,1H3. The Morgan fingerprint density at radius 1 is 1.53 bits per heavy atom. The van der Waals surface area contributed by atoms with E-state index >= 15 is 0 Å². The van der Waals surface area contributed by atoms with Crippen LogP contribution in [0.2, 0.25) is 0 Å². The summed E-state index contributed by atoms with van der Waals surface area (Å²) in [5.41, 5.74) is 0. The molecule has 1 fully saturated rings. The molecule has 1 aliphatic heterocycles. The summed E-state index contributed by atoms with van der Waals surface area (Å²) in [6.07, 6.45) is 2.98. The van der Waals surface area contributed by atoms with Crippen molar-refractivity contribution in [2.45, 2.75) is 38.7 Å². The summed E-state index contributed by atoms with van der Waals surface area (Å²) in [5.74, 6) is 1.23. The zero-order valence-electron chi connectivity index (χ0n) is 11.3. The van der Waals surface area contributed by atoms with Gasteiger partial charge in [0.15, 0.2) is 0 Å². The Kier molecular flexibility index (Phi) is 5.31. The van der Waals surface area contributed by atoms with E-state index in [1.54, 1.807) is 0 Å². The van der Waals surface area contributed by atoms with Crippen LogP contribution in [0.15, 0.2) is 4.52 Å². The lowest BCUT2D eigenvalue weighted by molar-refractivity contribution is -0.0350. The van der Waals surface area contributed by atoms with Gasteiger partial charge in [0.05, 0.1) is 12.7 Å². The van der Waals surface area contributed by atoms with E-state index in [1.165, 1.54) is 0 Å². The first-order valence-electron chi connectivity index (χ1n) is 6.87. The number of nitriles is 1. The Balaban J connectivity index is 1.88. The molecule has 2 rings (SSSR count). The molecule has 6 heteroatoms. The Hall–Kier alpha value is -1.45. The van der Waals surface area contributed by atoms with Gasteiger partial charge in [-0.3, -0.25) is 4.90 Å². The van der Waals surface area contributed by atoms with Crippen molar-refractivity contribution in [2.24, 2.45) is 0 Å². The minimum atomic E-state index is -0.0891. The van der Waals surface area contributed by atoms with E-state index in [4.69, 9.17) is 14.5 Å². The lowest BCUT2D eigenvalue weighted by Crippen LogP contribution is -2.39. The maximum atomic E-state index is 8.49. The van der Waals surface area contributed by atoms with Crippen LogP contribution in [0.5, 0.6) is 0 Å². The average molecular weight is 264 g/mol. The molecule has 6 nitrogen and oxygen atoms in total. The Labute approximate surface area is 113 Å². The average Bonchev–Trinajstić information content (AvgIpc) is 2.89. The van der Waals surface area contributed by atoms with Gasteiger partial charge in [-0.2, -0.15) is 10.2 Å². The van der Waals surface area contributed by atoms with Crippen molar-refractivity contribution in [1.82, 2.24) is 15.0 Å². The first-order chi connectivity index (χ1) is 9.33. The van der Waals surface area contributed by atoms with E-state index in [-0.39, 0.29) is 6.10 Å². The zero-order valence-corrected chi connectivity index (χ0v) is 11.3. The molecule has 104 valence electrons. The largest absolute Gasteiger partial charge is 0.367 e. The fraction of sp³-hybridized carbons (Fsp3) is 0.769. The van der Waals surface area contributed by atoms with Crippen LogP contribution < -0.4 is 0 Å². The molecule has 0 aliphatic carbocycles. The van der Waals surface area contributed by atoms with Gasteiger partial charge in [0.25, 0.3) is 0 Å². The highest BCUT2D eigenvalue weighted by Crippen LogP contribution is 2.20. The van der Waals surface area contributed by atoms with Crippen molar-refractivity contribution in [2.75, 3.05) is 26.2 Å². The van der Waals surface area contributed by atoms with Crippen molar-refractivity contribution in [3.05, 3.63) is 11.7 Å². The quantitative estimate of drug-likeness (QED) is 0.728. The second kappa shape index (κ2) is 7.22. The number of rotatable bonds is 6. The van der Waals surface area contributed by atoms with Crippen LogP contribution in [0.25, 0.3) is 0 Å². The number of hydrogen-bond donors (Lipinski definition) is 0. The molecule has 19 heavy (non-hydrogen) atoms. The Morgan fingerprint density at radius 2 is 2.42 bits per heavy atom. The third-order valence-corrected chi connectivity index (χ3v) is 3.14. The van der Waals surface area contributed by atoms with Gasteiger partial charge in [-0.15, -0.1) is 0 Å². The summed E-state index contributed by atoms with van der Waals surface area (Å²) in [5, 5.41) is 12.5. The highest BCUT2D eigenvalue weighted by molar-refractivity contribution is 4.94. The molecule has 0 N–H and O–H groups in total. The summed E-state index contributed by atoms with van der Waals surface area (Å²) in [6, 6.07) is 2.11. The van der Waals surface area contributed by atoms with Gasteiger partial charge >= 0.3 is 0 Å².